The molecular weight excluding hydrogens is 398 g/mol. The van der Waals surface area contributed by atoms with Gasteiger partial charge in [0.1, 0.15) is 18.2 Å². The summed E-state index contributed by atoms with van der Waals surface area (Å²) in [5.41, 5.74) is 1.24. The third-order valence-electron chi connectivity index (χ3n) is 3.50. The van der Waals surface area contributed by atoms with Crippen LogP contribution in [0.15, 0.2) is 33.5 Å². The van der Waals surface area contributed by atoms with E-state index in [0.29, 0.717) is 12.6 Å². The van der Waals surface area contributed by atoms with Crippen molar-refractivity contribution < 1.29 is 4.74 Å². The number of benzene rings is 1. The van der Waals surface area contributed by atoms with E-state index in [-0.39, 0.29) is 0 Å². The third-order valence-corrected chi connectivity index (χ3v) is 4.67. The fraction of sp³-hybridized carbons (Fsp3) is 0.400. The molecule has 0 amide bonds. The van der Waals surface area contributed by atoms with Gasteiger partial charge in [-0.25, -0.2) is 4.98 Å². The molecule has 0 radical (unpaired) electrons. The summed E-state index contributed by atoms with van der Waals surface area (Å²) in [7, 11) is 1.96. The molecule has 2 aromatic rings. The molecule has 4 nitrogen and oxygen atoms in total. The maximum Gasteiger partial charge on any atom is 0.148 e. The van der Waals surface area contributed by atoms with E-state index in [1.54, 1.807) is 6.20 Å². The van der Waals surface area contributed by atoms with Gasteiger partial charge < -0.3 is 14.6 Å². The number of aryl methyl sites for hydroxylation is 1. The number of ether oxygens (including phenoxy) is 1. The first-order chi connectivity index (χ1) is 10.1. The van der Waals surface area contributed by atoms with Gasteiger partial charge in [0.05, 0.1) is 8.95 Å². The van der Waals surface area contributed by atoms with Gasteiger partial charge in [0.25, 0.3) is 0 Å². The highest BCUT2D eigenvalue weighted by Crippen LogP contribution is 2.35. The molecule has 112 valence electrons. The number of aromatic nitrogens is 2. The summed E-state index contributed by atoms with van der Waals surface area (Å²) in [4.78, 5) is 4.26. The Morgan fingerprint density at radius 3 is 2.62 bits per heavy atom. The molecule has 1 N–H and O–H groups in total. The van der Waals surface area contributed by atoms with Gasteiger partial charge >= 0.3 is 0 Å². The number of hydrogen-bond acceptors (Lipinski definition) is 3. The predicted octanol–water partition coefficient (Wildman–Crippen LogP) is 3.78. The largest absolute Gasteiger partial charge is 0.483 e. The molecule has 1 heterocycles. The highest BCUT2D eigenvalue weighted by molar-refractivity contribution is 9.11. The van der Waals surface area contributed by atoms with Crippen molar-refractivity contribution in [3.8, 4) is 5.75 Å². The van der Waals surface area contributed by atoms with Crippen LogP contribution in [0.2, 0.25) is 0 Å². The second kappa shape index (κ2) is 6.50. The van der Waals surface area contributed by atoms with Crippen molar-refractivity contribution in [1.82, 2.24) is 14.9 Å². The van der Waals surface area contributed by atoms with E-state index in [4.69, 9.17) is 4.74 Å². The number of rotatable bonds is 6. The molecule has 1 saturated carbocycles. The second-order valence-electron chi connectivity index (χ2n) is 5.29. The van der Waals surface area contributed by atoms with E-state index in [0.717, 1.165) is 27.1 Å². The smallest absolute Gasteiger partial charge is 0.148 e. The molecule has 1 aromatic carbocycles. The third kappa shape index (κ3) is 3.87. The lowest BCUT2D eigenvalue weighted by Crippen LogP contribution is -2.15. The molecule has 1 fully saturated rings. The van der Waals surface area contributed by atoms with E-state index in [1.807, 2.05) is 17.8 Å². The second-order valence-corrected chi connectivity index (χ2v) is 7.00. The van der Waals surface area contributed by atoms with Gasteiger partial charge in [0.15, 0.2) is 0 Å². The number of hydrogen-bond donors (Lipinski definition) is 1. The van der Waals surface area contributed by atoms with Crippen molar-refractivity contribution in [2.45, 2.75) is 32.0 Å². The number of nitrogens with zero attached hydrogens (tertiary/aromatic N) is 2. The molecule has 0 bridgehead atoms. The summed E-state index contributed by atoms with van der Waals surface area (Å²) >= 11 is 7.19. The van der Waals surface area contributed by atoms with Gasteiger partial charge in [-0.15, -0.1) is 0 Å². The Labute approximate surface area is 141 Å². The molecule has 6 heteroatoms. The van der Waals surface area contributed by atoms with Crippen molar-refractivity contribution in [2.75, 3.05) is 0 Å². The van der Waals surface area contributed by atoms with Crippen LogP contribution in [0.5, 0.6) is 5.75 Å². The first-order valence-electron chi connectivity index (χ1n) is 6.94. The molecule has 0 aliphatic heterocycles. The minimum absolute atomic E-state index is 0.445. The fourth-order valence-electron chi connectivity index (χ4n) is 2.07. The summed E-state index contributed by atoms with van der Waals surface area (Å²) in [5.74, 6) is 1.71. The number of imidazole rings is 1. The molecular formula is C15H17Br2N3O. The normalized spacial score (nSPS) is 14.4. The monoisotopic (exact) mass is 413 g/mol. The standard InChI is InChI=1S/C15H17Br2N3O/c1-20-5-4-18-14(20)9-21-15-12(16)6-10(7-13(15)17)8-19-11-2-3-11/h4-7,11,19H,2-3,8-9H2,1H3. The zero-order chi connectivity index (χ0) is 14.8. The molecule has 0 saturated heterocycles. The maximum absolute atomic E-state index is 5.89. The van der Waals surface area contributed by atoms with Crippen LogP contribution in [0.1, 0.15) is 24.2 Å². The van der Waals surface area contributed by atoms with Crippen LogP contribution in [-0.4, -0.2) is 15.6 Å². The van der Waals surface area contributed by atoms with Crippen LogP contribution in [0.3, 0.4) is 0 Å². The van der Waals surface area contributed by atoms with Crippen LogP contribution >= 0.6 is 31.9 Å². The Morgan fingerprint density at radius 2 is 2.05 bits per heavy atom. The first kappa shape index (κ1) is 15.1. The van der Waals surface area contributed by atoms with Crippen LogP contribution in [0.4, 0.5) is 0 Å². The van der Waals surface area contributed by atoms with Gasteiger partial charge in [0, 0.05) is 32.0 Å². The zero-order valence-corrected chi connectivity index (χ0v) is 14.9. The molecule has 0 unspecified atom stereocenters. The van der Waals surface area contributed by atoms with E-state index < -0.39 is 0 Å². The Bertz CT molecular complexity index is 615. The topological polar surface area (TPSA) is 39.1 Å². The Morgan fingerprint density at radius 1 is 1.33 bits per heavy atom. The van der Waals surface area contributed by atoms with Crippen molar-refractivity contribution in [3.05, 3.63) is 44.9 Å². The molecule has 3 rings (SSSR count). The van der Waals surface area contributed by atoms with Crippen LogP contribution < -0.4 is 10.1 Å². The minimum atomic E-state index is 0.445. The Hall–Kier alpha value is -0.850. The van der Waals surface area contributed by atoms with E-state index >= 15 is 0 Å². The lowest BCUT2D eigenvalue weighted by atomic mass is 10.2. The van der Waals surface area contributed by atoms with E-state index in [2.05, 4.69) is 54.3 Å². The maximum atomic E-state index is 5.89. The summed E-state index contributed by atoms with van der Waals surface area (Å²) in [6.45, 7) is 1.34. The van der Waals surface area contributed by atoms with E-state index in [1.165, 1.54) is 18.4 Å². The van der Waals surface area contributed by atoms with Gasteiger partial charge in [-0.2, -0.15) is 0 Å². The van der Waals surface area contributed by atoms with Gasteiger partial charge in [-0.1, -0.05) is 0 Å². The highest BCUT2D eigenvalue weighted by atomic mass is 79.9. The Kier molecular flexibility index (Phi) is 4.66. The average Bonchev–Trinajstić information content (AvgIpc) is 3.18. The van der Waals surface area contributed by atoms with Gasteiger partial charge in [-0.05, 0) is 62.4 Å². The summed E-state index contributed by atoms with van der Waals surface area (Å²) in [6, 6.07) is 4.92. The van der Waals surface area contributed by atoms with Crippen molar-refractivity contribution in [3.63, 3.8) is 0 Å². The lowest BCUT2D eigenvalue weighted by Gasteiger charge is -2.12. The van der Waals surface area contributed by atoms with Crippen molar-refractivity contribution in [2.24, 2.45) is 7.05 Å². The van der Waals surface area contributed by atoms with Crippen molar-refractivity contribution in [1.29, 1.82) is 0 Å². The van der Waals surface area contributed by atoms with Gasteiger partial charge in [0.2, 0.25) is 0 Å². The SMILES string of the molecule is Cn1ccnc1COc1c(Br)cc(CNC2CC2)cc1Br. The molecule has 0 spiro atoms. The lowest BCUT2D eigenvalue weighted by molar-refractivity contribution is 0.288. The number of nitrogens with one attached hydrogen (secondary N) is 1. The molecule has 1 aliphatic carbocycles. The van der Waals surface area contributed by atoms with Gasteiger partial charge in [-0.3, -0.25) is 0 Å². The quantitative estimate of drug-likeness (QED) is 0.781. The highest BCUT2D eigenvalue weighted by Gasteiger charge is 2.20. The van der Waals surface area contributed by atoms with Crippen LogP contribution in [-0.2, 0) is 20.2 Å². The van der Waals surface area contributed by atoms with Crippen LogP contribution in [0.25, 0.3) is 0 Å². The number of halogens is 2. The molecule has 21 heavy (non-hydrogen) atoms. The zero-order valence-electron chi connectivity index (χ0n) is 11.8. The predicted molar refractivity (Wildman–Crippen MR) is 89.2 cm³/mol. The summed E-state index contributed by atoms with van der Waals surface area (Å²) < 4.78 is 9.76. The molecule has 1 aliphatic rings. The summed E-state index contributed by atoms with van der Waals surface area (Å²) in [5, 5.41) is 3.51. The average molecular weight is 415 g/mol. The van der Waals surface area contributed by atoms with E-state index in [9.17, 15) is 0 Å². The first-order valence-corrected chi connectivity index (χ1v) is 8.52. The minimum Gasteiger partial charge on any atom is -0.483 e. The fourth-order valence-corrected chi connectivity index (χ4v) is 3.58. The molecule has 1 aromatic heterocycles. The van der Waals surface area contributed by atoms with Crippen LogP contribution in [0, 0.1) is 0 Å². The molecule has 0 atom stereocenters. The summed E-state index contributed by atoms with van der Waals surface area (Å²) in [6.07, 6.45) is 6.28. The Balaban J connectivity index is 1.68. The van der Waals surface area contributed by atoms with Crippen molar-refractivity contribution >= 4 is 31.9 Å².